The lowest BCUT2D eigenvalue weighted by Gasteiger charge is -2.01. The van der Waals surface area contributed by atoms with Crippen LogP contribution in [0.1, 0.15) is 51.9 Å². The molecule has 0 heterocycles. The molecule has 7 heteroatoms. The van der Waals surface area contributed by atoms with Crippen molar-refractivity contribution in [2.45, 2.75) is 57.9 Å². The van der Waals surface area contributed by atoms with Gasteiger partial charge in [0.05, 0.1) is 0 Å². The second-order valence-corrected chi connectivity index (χ2v) is 7.06. The largest absolute Gasteiger partial charge is 0.435 e. The van der Waals surface area contributed by atoms with Gasteiger partial charge in [0.15, 0.2) is 0 Å². The van der Waals surface area contributed by atoms with E-state index in [-0.39, 0.29) is 20.0 Å². The van der Waals surface area contributed by atoms with Crippen molar-refractivity contribution >= 4 is 40.3 Å². The Bertz CT molecular complexity index is 115. The van der Waals surface area contributed by atoms with E-state index >= 15 is 0 Å². The highest BCUT2D eigenvalue weighted by Gasteiger charge is 1.97. The molecule has 0 aromatic rings. The second kappa shape index (κ2) is 15.7. The zero-order chi connectivity index (χ0) is 11.9. The average molecular weight is 288 g/mol. The number of hydrogen-bond donors (Lipinski definition) is 0. The molecule has 0 N–H and O–H groups in total. The SMILES string of the molecule is CCCCCCCCC[Si]O[Si]O[Si]O[Si]. The molecular formula is C9H19O3Si4. The lowest BCUT2D eigenvalue weighted by atomic mass is 10.1. The van der Waals surface area contributed by atoms with Crippen molar-refractivity contribution in [2.75, 3.05) is 0 Å². The van der Waals surface area contributed by atoms with E-state index in [1.165, 1.54) is 51.0 Å². The predicted molar refractivity (Wildman–Crippen MR) is 69.1 cm³/mol. The molecule has 0 aliphatic heterocycles. The molecule has 0 rings (SSSR count). The highest BCUT2D eigenvalue weighted by molar-refractivity contribution is 6.44. The topological polar surface area (TPSA) is 27.7 Å². The third kappa shape index (κ3) is 14.7. The molecular weight excluding hydrogens is 268 g/mol. The molecule has 9 radical (unpaired) electrons. The van der Waals surface area contributed by atoms with Gasteiger partial charge in [-0.25, -0.2) is 0 Å². The summed E-state index contributed by atoms with van der Waals surface area (Å²) in [5, 5.41) is 0. The van der Waals surface area contributed by atoms with E-state index in [9.17, 15) is 0 Å². The van der Waals surface area contributed by atoms with Crippen LogP contribution in [0.25, 0.3) is 0 Å². The van der Waals surface area contributed by atoms with Crippen LogP contribution in [0.3, 0.4) is 0 Å². The molecule has 3 nitrogen and oxygen atoms in total. The maximum absolute atomic E-state index is 5.32. The first-order valence-electron chi connectivity index (χ1n) is 5.79. The van der Waals surface area contributed by atoms with E-state index in [4.69, 9.17) is 8.23 Å². The van der Waals surface area contributed by atoms with Gasteiger partial charge in [-0.1, -0.05) is 51.9 Å². The van der Waals surface area contributed by atoms with Gasteiger partial charge in [0.25, 0.3) is 0 Å². The summed E-state index contributed by atoms with van der Waals surface area (Å²) in [5.74, 6) is 0. The molecule has 0 unspecified atom stereocenters. The van der Waals surface area contributed by atoms with E-state index in [0.29, 0.717) is 9.76 Å². The summed E-state index contributed by atoms with van der Waals surface area (Å²) in [7, 11) is 3.59. The van der Waals surface area contributed by atoms with E-state index in [0.717, 1.165) is 0 Å². The Labute approximate surface area is 111 Å². The van der Waals surface area contributed by atoms with Gasteiger partial charge in [-0.15, -0.1) is 0 Å². The maximum Gasteiger partial charge on any atom is 0.411 e. The third-order valence-electron chi connectivity index (χ3n) is 2.12. The average Bonchev–Trinajstić information content (AvgIpc) is 2.31. The summed E-state index contributed by atoms with van der Waals surface area (Å²) >= 11 is 0. The van der Waals surface area contributed by atoms with Crippen molar-refractivity contribution in [3.05, 3.63) is 0 Å². The van der Waals surface area contributed by atoms with Crippen LogP contribution in [0, 0.1) is 0 Å². The zero-order valence-corrected chi connectivity index (χ0v) is 13.9. The highest BCUT2D eigenvalue weighted by Crippen LogP contribution is 2.08. The fourth-order valence-corrected chi connectivity index (χ4v) is 3.55. The van der Waals surface area contributed by atoms with Gasteiger partial charge in [0.2, 0.25) is 20.2 Å². The first-order chi connectivity index (χ1) is 7.91. The maximum atomic E-state index is 5.32. The predicted octanol–water partition coefficient (Wildman–Crippen LogP) is 1.98. The van der Waals surface area contributed by atoms with Crippen molar-refractivity contribution in [2.24, 2.45) is 0 Å². The molecule has 0 aliphatic rings. The Morgan fingerprint density at radius 1 is 0.875 bits per heavy atom. The summed E-state index contributed by atoms with van der Waals surface area (Å²) in [6, 6.07) is 1.17. The number of hydrogen-bond acceptors (Lipinski definition) is 3. The molecule has 16 heavy (non-hydrogen) atoms. The Morgan fingerprint density at radius 3 is 2.25 bits per heavy atom. The van der Waals surface area contributed by atoms with Crippen molar-refractivity contribution in [1.29, 1.82) is 0 Å². The molecule has 0 saturated heterocycles. The van der Waals surface area contributed by atoms with Crippen molar-refractivity contribution in [3.63, 3.8) is 0 Å². The van der Waals surface area contributed by atoms with Crippen LogP contribution in [0.2, 0.25) is 6.04 Å². The van der Waals surface area contributed by atoms with Crippen LogP contribution in [-0.4, -0.2) is 40.3 Å². The van der Waals surface area contributed by atoms with Gasteiger partial charge < -0.3 is 12.3 Å². The van der Waals surface area contributed by atoms with Gasteiger partial charge >= 0.3 is 20.0 Å². The van der Waals surface area contributed by atoms with Crippen LogP contribution >= 0.6 is 0 Å². The summed E-state index contributed by atoms with van der Waals surface area (Å²) in [6.45, 7) is 2.25. The van der Waals surface area contributed by atoms with Crippen LogP contribution in [-0.2, 0) is 12.3 Å². The van der Waals surface area contributed by atoms with E-state index in [1.54, 1.807) is 0 Å². The highest BCUT2D eigenvalue weighted by atomic mass is 28.4. The van der Waals surface area contributed by atoms with Crippen LogP contribution in [0.15, 0.2) is 0 Å². The Balaban J connectivity index is 2.83. The van der Waals surface area contributed by atoms with Crippen LogP contribution in [0.5, 0.6) is 0 Å². The minimum absolute atomic E-state index is 0.0320. The Kier molecular flexibility index (Phi) is 16.5. The molecule has 0 aromatic carbocycles. The fourth-order valence-electron chi connectivity index (χ4n) is 1.29. The molecule has 0 spiro atoms. The van der Waals surface area contributed by atoms with Gasteiger partial charge in [0, 0.05) is 0 Å². The van der Waals surface area contributed by atoms with Crippen molar-refractivity contribution in [3.8, 4) is 0 Å². The number of rotatable bonds is 13. The van der Waals surface area contributed by atoms with Crippen LogP contribution < -0.4 is 0 Å². The second-order valence-electron chi connectivity index (χ2n) is 3.49. The summed E-state index contributed by atoms with van der Waals surface area (Å²) in [5.41, 5.74) is 0. The smallest absolute Gasteiger partial charge is 0.411 e. The number of unbranched alkanes of at least 4 members (excludes halogenated alkanes) is 6. The minimum atomic E-state index is 0.0320. The van der Waals surface area contributed by atoms with E-state index in [1.807, 2.05) is 0 Å². The lowest BCUT2D eigenvalue weighted by molar-refractivity contribution is 0.437. The van der Waals surface area contributed by atoms with Gasteiger partial charge in [-0.05, 0) is 6.04 Å². The van der Waals surface area contributed by atoms with Gasteiger partial charge in [0.1, 0.15) is 0 Å². The minimum Gasteiger partial charge on any atom is -0.435 e. The molecule has 89 valence electrons. The fraction of sp³-hybridized carbons (Fsp3) is 1.00. The molecule has 0 atom stereocenters. The lowest BCUT2D eigenvalue weighted by Crippen LogP contribution is -2.12. The monoisotopic (exact) mass is 287 g/mol. The Hall–Kier alpha value is 0.748. The normalized spacial score (nSPS) is 10.9. The van der Waals surface area contributed by atoms with Crippen molar-refractivity contribution in [1.82, 2.24) is 0 Å². The van der Waals surface area contributed by atoms with E-state index < -0.39 is 0 Å². The first-order valence-corrected chi connectivity index (χ1v) is 8.94. The van der Waals surface area contributed by atoms with Gasteiger partial charge in [-0.2, -0.15) is 0 Å². The van der Waals surface area contributed by atoms with E-state index in [2.05, 4.69) is 21.5 Å². The van der Waals surface area contributed by atoms with Crippen LogP contribution in [0.4, 0.5) is 0 Å². The zero-order valence-electron chi connectivity index (χ0n) is 9.88. The molecule has 0 aliphatic carbocycles. The van der Waals surface area contributed by atoms with Crippen molar-refractivity contribution < 1.29 is 12.3 Å². The molecule has 0 bridgehead atoms. The quantitative estimate of drug-likeness (QED) is 0.383. The Morgan fingerprint density at radius 2 is 1.56 bits per heavy atom. The third-order valence-corrected chi connectivity index (χ3v) is 4.59. The molecule has 0 saturated carbocycles. The molecule has 0 amide bonds. The standard InChI is InChI=1S/C9H19O3Si4/c1-2-3-4-5-6-7-8-9-14-11-16-12-15-10-13/h2-9H2,1H3. The summed E-state index contributed by atoms with van der Waals surface area (Å²) in [4.78, 5) is 0. The molecule has 0 aromatic heterocycles. The molecule has 0 fully saturated rings. The summed E-state index contributed by atoms with van der Waals surface area (Å²) in [6.07, 6.45) is 9.52. The summed E-state index contributed by atoms with van der Waals surface area (Å²) < 4.78 is 14.9. The first kappa shape index (κ1) is 16.7. The van der Waals surface area contributed by atoms with Gasteiger partial charge in [-0.3, -0.25) is 0 Å².